The lowest BCUT2D eigenvalue weighted by Crippen LogP contribution is -2.00. The van der Waals surface area contributed by atoms with Crippen molar-refractivity contribution < 1.29 is 14.6 Å². The Morgan fingerprint density at radius 2 is 2.05 bits per heavy atom. The Morgan fingerprint density at radius 1 is 1.25 bits per heavy atom. The molecule has 1 N–H and O–H groups in total. The first kappa shape index (κ1) is 12.6. The van der Waals surface area contributed by atoms with Crippen LogP contribution in [0, 0.1) is 6.92 Å². The fourth-order valence-electron chi connectivity index (χ4n) is 1.93. The molecule has 1 aromatic heterocycles. The second-order valence-corrected chi connectivity index (χ2v) is 4.89. The topological polar surface area (TPSA) is 72.3 Å². The zero-order valence-corrected chi connectivity index (χ0v) is 11.3. The summed E-state index contributed by atoms with van der Waals surface area (Å²) in [5.74, 6) is -0.138. The van der Waals surface area contributed by atoms with Crippen molar-refractivity contribution in [1.29, 1.82) is 0 Å². The van der Waals surface area contributed by atoms with Crippen LogP contribution in [0.15, 0.2) is 36.4 Å². The molecule has 0 fully saturated rings. The molecule has 100 valence electrons. The molecule has 0 atom stereocenters. The van der Waals surface area contributed by atoms with Crippen LogP contribution in [0.2, 0.25) is 0 Å². The predicted molar refractivity (Wildman–Crippen MR) is 75.6 cm³/mol. The maximum Gasteiger partial charge on any atom is 0.339 e. The molecule has 0 radical (unpaired) electrons. The molecular weight excluding hydrogens is 276 g/mol. The van der Waals surface area contributed by atoms with Crippen LogP contribution in [0.3, 0.4) is 0 Å². The number of carbonyl (C=O) groups is 1. The van der Waals surface area contributed by atoms with Crippen LogP contribution in [0.1, 0.15) is 16.2 Å². The number of carboxylic acid groups (broad SMARTS) is 1. The van der Waals surface area contributed by atoms with E-state index in [-0.39, 0.29) is 5.56 Å². The summed E-state index contributed by atoms with van der Waals surface area (Å²) < 4.78 is 9.69. The van der Waals surface area contributed by atoms with Crippen molar-refractivity contribution in [2.45, 2.75) is 6.92 Å². The number of hydrogen-bond donors (Lipinski definition) is 1. The van der Waals surface area contributed by atoms with E-state index in [1.54, 1.807) is 13.0 Å². The third kappa shape index (κ3) is 2.21. The molecule has 0 aliphatic heterocycles. The van der Waals surface area contributed by atoms with Gasteiger partial charge in [-0.05, 0) is 18.4 Å². The fourth-order valence-corrected chi connectivity index (χ4v) is 2.47. The quantitative estimate of drug-likeness (QED) is 0.798. The van der Waals surface area contributed by atoms with Crippen LogP contribution in [-0.4, -0.2) is 20.4 Å². The highest BCUT2D eigenvalue weighted by Crippen LogP contribution is 2.34. The van der Waals surface area contributed by atoms with Crippen molar-refractivity contribution in [3.8, 4) is 10.9 Å². The molecule has 0 unspecified atom stereocenters. The average Bonchev–Trinajstić information content (AvgIpc) is 2.84. The molecule has 1 heterocycles. The van der Waals surface area contributed by atoms with Gasteiger partial charge in [0.05, 0.1) is 0 Å². The van der Waals surface area contributed by atoms with Gasteiger partial charge in [-0.3, -0.25) is 0 Å². The molecule has 3 rings (SSSR count). The van der Waals surface area contributed by atoms with Gasteiger partial charge in [0.25, 0.3) is 5.19 Å². The third-order valence-corrected chi connectivity index (χ3v) is 3.49. The summed E-state index contributed by atoms with van der Waals surface area (Å²) in [4.78, 5) is 15.5. The Morgan fingerprint density at radius 3 is 2.75 bits per heavy atom. The molecule has 2 aromatic carbocycles. The van der Waals surface area contributed by atoms with Gasteiger partial charge < -0.3 is 9.84 Å². The van der Waals surface area contributed by atoms with Gasteiger partial charge in [-0.15, -0.1) is 0 Å². The highest BCUT2D eigenvalue weighted by Gasteiger charge is 2.17. The van der Waals surface area contributed by atoms with Gasteiger partial charge in [0, 0.05) is 16.9 Å². The monoisotopic (exact) mass is 286 g/mol. The number of nitrogens with zero attached hydrogens (tertiary/aromatic N) is 2. The molecule has 6 heteroatoms. The van der Waals surface area contributed by atoms with Crippen LogP contribution in [0.5, 0.6) is 10.9 Å². The van der Waals surface area contributed by atoms with E-state index in [0.717, 1.165) is 22.3 Å². The molecule has 20 heavy (non-hydrogen) atoms. The van der Waals surface area contributed by atoms with Crippen LogP contribution in [-0.2, 0) is 0 Å². The lowest BCUT2D eigenvalue weighted by molar-refractivity contribution is 0.0694. The molecule has 0 saturated carbocycles. The fraction of sp³-hybridized carbons (Fsp3) is 0.0714. The van der Waals surface area contributed by atoms with Gasteiger partial charge in [0.2, 0.25) is 0 Å². The molecule has 5 nitrogen and oxygen atoms in total. The van der Waals surface area contributed by atoms with Crippen LogP contribution in [0.4, 0.5) is 0 Å². The summed E-state index contributed by atoms with van der Waals surface area (Å²) in [6.07, 6.45) is 0. The SMILES string of the molecule is Cc1nsc(Oc2c(C(=O)O)ccc3ccccc23)n1. The summed E-state index contributed by atoms with van der Waals surface area (Å²) in [5, 5.41) is 11.3. The zero-order valence-electron chi connectivity index (χ0n) is 10.5. The van der Waals surface area contributed by atoms with Crippen molar-refractivity contribution >= 4 is 28.3 Å². The van der Waals surface area contributed by atoms with Crippen molar-refractivity contribution in [3.05, 3.63) is 47.8 Å². The second kappa shape index (κ2) is 4.90. The van der Waals surface area contributed by atoms with E-state index in [2.05, 4.69) is 9.36 Å². The number of rotatable bonds is 3. The minimum atomic E-state index is -1.04. The standard InChI is InChI=1S/C14H10N2O3S/c1-8-15-14(20-16-8)19-12-10-5-3-2-4-9(10)6-7-11(12)13(17)18/h2-7H,1H3,(H,17,18). The number of ether oxygens (including phenoxy) is 1. The van der Waals surface area contributed by atoms with E-state index >= 15 is 0 Å². The van der Waals surface area contributed by atoms with Crippen LogP contribution < -0.4 is 4.74 Å². The highest BCUT2D eigenvalue weighted by atomic mass is 32.1. The van der Waals surface area contributed by atoms with Gasteiger partial charge in [-0.2, -0.15) is 9.36 Å². The van der Waals surface area contributed by atoms with Crippen molar-refractivity contribution in [2.24, 2.45) is 0 Å². The molecule has 0 aliphatic carbocycles. The number of fused-ring (bicyclic) bond motifs is 1. The summed E-state index contributed by atoms with van der Waals surface area (Å²) in [6.45, 7) is 1.75. The van der Waals surface area contributed by atoms with Gasteiger partial charge in [0.1, 0.15) is 11.4 Å². The first-order chi connectivity index (χ1) is 9.65. The Bertz CT molecular complexity index is 798. The van der Waals surface area contributed by atoms with Crippen LogP contribution in [0.25, 0.3) is 10.8 Å². The predicted octanol–water partition coefficient (Wildman–Crippen LogP) is 3.49. The third-order valence-electron chi connectivity index (χ3n) is 2.81. The van der Waals surface area contributed by atoms with E-state index in [4.69, 9.17) is 4.74 Å². The van der Waals surface area contributed by atoms with Crippen LogP contribution >= 0.6 is 11.5 Å². The Labute approximate surface area is 118 Å². The van der Waals surface area contributed by atoms with Gasteiger partial charge in [0.15, 0.2) is 5.75 Å². The lowest BCUT2D eigenvalue weighted by Gasteiger charge is -2.09. The van der Waals surface area contributed by atoms with Crippen molar-refractivity contribution in [1.82, 2.24) is 9.36 Å². The number of benzene rings is 2. The van der Waals surface area contributed by atoms with Crippen molar-refractivity contribution in [3.63, 3.8) is 0 Å². The van der Waals surface area contributed by atoms with E-state index in [1.807, 2.05) is 24.3 Å². The number of carboxylic acids is 1. The van der Waals surface area contributed by atoms with E-state index in [9.17, 15) is 9.90 Å². The first-order valence-electron chi connectivity index (χ1n) is 5.88. The van der Waals surface area contributed by atoms with E-state index in [0.29, 0.717) is 16.8 Å². The van der Waals surface area contributed by atoms with Gasteiger partial charge in [-0.1, -0.05) is 30.3 Å². The smallest absolute Gasteiger partial charge is 0.339 e. The highest BCUT2D eigenvalue weighted by molar-refractivity contribution is 7.07. The summed E-state index contributed by atoms with van der Waals surface area (Å²) in [7, 11) is 0. The number of aryl methyl sites for hydroxylation is 1. The second-order valence-electron chi connectivity index (χ2n) is 4.18. The minimum Gasteiger partial charge on any atom is -0.478 e. The molecule has 0 amide bonds. The Balaban J connectivity index is 2.19. The number of hydrogen-bond acceptors (Lipinski definition) is 5. The Hall–Kier alpha value is -2.47. The summed E-state index contributed by atoms with van der Waals surface area (Å²) in [6, 6.07) is 10.8. The number of aromatic nitrogens is 2. The number of aromatic carboxylic acids is 1. The zero-order chi connectivity index (χ0) is 14.1. The van der Waals surface area contributed by atoms with Gasteiger partial charge in [-0.25, -0.2) is 4.79 Å². The molecule has 0 spiro atoms. The molecule has 0 bridgehead atoms. The lowest BCUT2D eigenvalue weighted by atomic mass is 10.1. The summed E-state index contributed by atoms with van der Waals surface area (Å²) >= 11 is 1.10. The maximum absolute atomic E-state index is 11.3. The Kier molecular flexibility index (Phi) is 3.08. The minimum absolute atomic E-state index is 0.108. The normalized spacial score (nSPS) is 10.7. The maximum atomic E-state index is 11.3. The molecule has 3 aromatic rings. The molecular formula is C14H10N2O3S. The average molecular weight is 286 g/mol. The first-order valence-corrected chi connectivity index (χ1v) is 6.65. The van der Waals surface area contributed by atoms with Gasteiger partial charge >= 0.3 is 5.97 Å². The van der Waals surface area contributed by atoms with E-state index < -0.39 is 5.97 Å². The van der Waals surface area contributed by atoms with E-state index in [1.165, 1.54) is 6.07 Å². The largest absolute Gasteiger partial charge is 0.478 e. The summed E-state index contributed by atoms with van der Waals surface area (Å²) in [5.41, 5.74) is 0.108. The molecule has 0 saturated heterocycles. The molecule has 0 aliphatic rings. The van der Waals surface area contributed by atoms with Crippen molar-refractivity contribution in [2.75, 3.05) is 0 Å².